The average molecular weight is 388 g/mol. The molecule has 2 aliphatic rings. The fraction of sp³-hybridized carbons (Fsp3) is 0.842. The van der Waals surface area contributed by atoms with Crippen molar-refractivity contribution in [2.45, 2.75) is 83.3 Å². The maximum Gasteiger partial charge on any atom is 0.186 e. The van der Waals surface area contributed by atoms with Crippen LogP contribution in [0.5, 0.6) is 0 Å². The van der Waals surface area contributed by atoms with Gasteiger partial charge in [0.15, 0.2) is 6.29 Å². The first kappa shape index (κ1) is 22.4. The maximum absolute atomic E-state index is 11.4. The van der Waals surface area contributed by atoms with Crippen LogP contribution in [0, 0.1) is 5.41 Å². The third kappa shape index (κ3) is 5.14. The number of Topliss-reactive ketones (excluding diaryl/α,β-unsaturated/α-hetero) is 1. The van der Waals surface area contributed by atoms with Crippen LogP contribution in [-0.4, -0.2) is 81.3 Å². The zero-order valence-corrected chi connectivity index (χ0v) is 16.2. The van der Waals surface area contributed by atoms with Crippen LogP contribution in [0.2, 0.25) is 0 Å². The second-order valence-corrected chi connectivity index (χ2v) is 8.09. The number of carbonyl (C=O) groups is 1. The number of hydrogen-bond donors (Lipinski definition) is 5. The van der Waals surface area contributed by atoms with Crippen LogP contribution in [0.1, 0.15) is 46.5 Å². The van der Waals surface area contributed by atoms with Gasteiger partial charge in [-0.3, -0.25) is 0 Å². The largest absolute Gasteiger partial charge is 0.394 e. The van der Waals surface area contributed by atoms with Gasteiger partial charge in [0.1, 0.15) is 30.2 Å². The molecule has 0 aromatic heterocycles. The molecule has 1 aliphatic carbocycles. The lowest BCUT2D eigenvalue weighted by atomic mass is 9.69. The minimum Gasteiger partial charge on any atom is -0.394 e. The number of aliphatic hydroxyl groups excluding tert-OH is 5. The summed E-state index contributed by atoms with van der Waals surface area (Å²) in [5.74, 6) is 0.0821. The fourth-order valence-electron chi connectivity index (χ4n) is 4.14. The molecule has 0 bridgehead atoms. The van der Waals surface area contributed by atoms with Crippen molar-refractivity contribution in [3.05, 3.63) is 11.1 Å². The van der Waals surface area contributed by atoms with E-state index in [2.05, 4.69) is 0 Å². The summed E-state index contributed by atoms with van der Waals surface area (Å²) in [7, 11) is 0. The lowest BCUT2D eigenvalue weighted by Crippen LogP contribution is -2.59. The molecular formula is C19H32O8. The third-order valence-corrected chi connectivity index (χ3v) is 5.61. The van der Waals surface area contributed by atoms with Crippen molar-refractivity contribution >= 4 is 5.78 Å². The van der Waals surface area contributed by atoms with Gasteiger partial charge in [-0.15, -0.1) is 0 Å². The Hall–Kier alpha value is -0.870. The molecule has 1 aliphatic heterocycles. The zero-order valence-electron chi connectivity index (χ0n) is 16.2. The van der Waals surface area contributed by atoms with Gasteiger partial charge < -0.3 is 39.8 Å². The molecule has 0 aromatic carbocycles. The Balaban J connectivity index is 2.12. The van der Waals surface area contributed by atoms with Crippen molar-refractivity contribution in [3.63, 3.8) is 0 Å². The predicted octanol–water partition coefficient (Wildman–Crippen LogP) is -0.350. The Labute approximate surface area is 159 Å². The molecule has 1 saturated heterocycles. The molecule has 8 heteroatoms. The van der Waals surface area contributed by atoms with E-state index in [4.69, 9.17) is 9.47 Å². The van der Waals surface area contributed by atoms with E-state index in [0.717, 1.165) is 11.1 Å². The molecule has 5 N–H and O–H groups in total. The normalized spacial score (nSPS) is 40.3. The number of ketones is 1. The lowest BCUT2D eigenvalue weighted by molar-refractivity contribution is -0.305. The van der Waals surface area contributed by atoms with Gasteiger partial charge in [-0.05, 0) is 33.1 Å². The Morgan fingerprint density at radius 3 is 2.48 bits per heavy atom. The molecule has 2 rings (SSSR count). The molecule has 0 aromatic rings. The Kier molecular flexibility index (Phi) is 7.54. The summed E-state index contributed by atoms with van der Waals surface area (Å²) in [5.41, 5.74) is 1.51. The van der Waals surface area contributed by atoms with Crippen molar-refractivity contribution in [1.82, 2.24) is 0 Å². The van der Waals surface area contributed by atoms with Gasteiger partial charge in [0.2, 0.25) is 0 Å². The monoisotopic (exact) mass is 388 g/mol. The minimum absolute atomic E-state index is 0.0821. The molecule has 1 fully saturated rings. The third-order valence-electron chi connectivity index (χ3n) is 5.61. The summed E-state index contributed by atoms with van der Waals surface area (Å²) in [6.45, 7) is 4.97. The van der Waals surface area contributed by atoms with E-state index in [0.29, 0.717) is 25.7 Å². The second kappa shape index (κ2) is 9.09. The van der Waals surface area contributed by atoms with Crippen molar-refractivity contribution in [3.8, 4) is 0 Å². The van der Waals surface area contributed by atoms with Crippen LogP contribution >= 0.6 is 0 Å². The highest BCUT2D eigenvalue weighted by molar-refractivity contribution is 5.75. The van der Waals surface area contributed by atoms with E-state index in [9.17, 15) is 30.3 Å². The molecule has 0 unspecified atom stereocenters. The number of aliphatic hydroxyl groups is 5. The second-order valence-electron chi connectivity index (χ2n) is 8.09. The van der Waals surface area contributed by atoms with E-state index < -0.39 is 48.8 Å². The van der Waals surface area contributed by atoms with Crippen LogP contribution in [-0.2, 0) is 14.3 Å². The van der Waals surface area contributed by atoms with Crippen LogP contribution in [0.3, 0.4) is 0 Å². The highest BCUT2D eigenvalue weighted by Gasteiger charge is 2.45. The molecule has 0 spiro atoms. The molecule has 0 saturated carbocycles. The highest BCUT2D eigenvalue weighted by atomic mass is 16.7. The summed E-state index contributed by atoms with van der Waals surface area (Å²) < 4.78 is 11.1. The number of carbonyl (C=O) groups excluding carboxylic acids is 1. The van der Waals surface area contributed by atoms with Gasteiger partial charge in [-0.25, -0.2) is 0 Å². The Bertz CT molecular complexity index is 560. The topological polar surface area (TPSA) is 137 Å². The van der Waals surface area contributed by atoms with E-state index in [1.54, 1.807) is 0 Å². The molecule has 0 radical (unpaired) electrons. The smallest absolute Gasteiger partial charge is 0.186 e. The van der Waals surface area contributed by atoms with Gasteiger partial charge in [-0.2, -0.15) is 0 Å². The summed E-state index contributed by atoms with van der Waals surface area (Å²) in [4.78, 5) is 11.4. The fourth-order valence-corrected chi connectivity index (χ4v) is 4.14. The maximum atomic E-state index is 11.4. The Morgan fingerprint density at radius 1 is 1.22 bits per heavy atom. The van der Waals surface area contributed by atoms with Gasteiger partial charge in [0.25, 0.3) is 0 Å². The van der Waals surface area contributed by atoms with E-state index in [-0.39, 0.29) is 12.4 Å². The van der Waals surface area contributed by atoms with Crippen LogP contribution < -0.4 is 0 Å². The van der Waals surface area contributed by atoms with E-state index in [1.165, 1.54) is 6.92 Å². The number of rotatable bonds is 7. The van der Waals surface area contributed by atoms with E-state index in [1.807, 2.05) is 13.8 Å². The van der Waals surface area contributed by atoms with Crippen molar-refractivity contribution in [2.24, 2.45) is 5.41 Å². The van der Waals surface area contributed by atoms with Crippen LogP contribution in [0.15, 0.2) is 11.1 Å². The molecule has 156 valence electrons. The SMILES string of the molecule is CC(=O)CCC1=C(C)C[C@@H](O)C[C@]1(C)CO[C@@H]1O[C@H](CO)[C@@H](O)[C@H](O)[C@H]1O. The van der Waals surface area contributed by atoms with Crippen LogP contribution in [0.25, 0.3) is 0 Å². The molecular weight excluding hydrogens is 356 g/mol. The molecule has 8 nitrogen and oxygen atoms in total. The van der Waals surface area contributed by atoms with Crippen molar-refractivity contribution < 1.29 is 39.8 Å². The molecule has 27 heavy (non-hydrogen) atoms. The van der Waals surface area contributed by atoms with Gasteiger partial charge in [0.05, 0.1) is 19.3 Å². The summed E-state index contributed by atoms with van der Waals surface area (Å²) in [5, 5.41) is 49.4. The zero-order chi connectivity index (χ0) is 20.4. The quantitative estimate of drug-likeness (QED) is 0.373. The number of ether oxygens (including phenoxy) is 2. The minimum atomic E-state index is -1.50. The first-order valence-electron chi connectivity index (χ1n) is 9.37. The van der Waals surface area contributed by atoms with Crippen molar-refractivity contribution in [1.29, 1.82) is 0 Å². The Morgan fingerprint density at radius 2 is 1.89 bits per heavy atom. The van der Waals surface area contributed by atoms with Gasteiger partial charge >= 0.3 is 0 Å². The summed E-state index contributed by atoms with van der Waals surface area (Å²) in [6, 6.07) is 0. The van der Waals surface area contributed by atoms with Crippen LogP contribution in [0.4, 0.5) is 0 Å². The standard InChI is InChI=1S/C19H32O8/c1-10-6-12(22)7-19(3,13(10)5-4-11(2)21)9-26-18-17(25)16(24)15(23)14(8-20)27-18/h12,14-18,20,22-25H,4-9H2,1-3H3/t12-,14-,15-,16+,17-,18-,19-/m1/s1. The highest BCUT2D eigenvalue weighted by Crippen LogP contribution is 2.43. The summed E-state index contributed by atoms with van der Waals surface area (Å²) >= 11 is 0. The summed E-state index contributed by atoms with van der Waals surface area (Å²) in [6.07, 6.45) is -5.23. The van der Waals surface area contributed by atoms with Gasteiger partial charge in [-0.1, -0.05) is 18.1 Å². The average Bonchev–Trinajstić information content (AvgIpc) is 2.58. The van der Waals surface area contributed by atoms with Crippen molar-refractivity contribution in [2.75, 3.05) is 13.2 Å². The first-order chi connectivity index (χ1) is 12.6. The first-order valence-corrected chi connectivity index (χ1v) is 9.37. The predicted molar refractivity (Wildman–Crippen MR) is 95.7 cm³/mol. The number of hydrogen-bond acceptors (Lipinski definition) is 8. The van der Waals surface area contributed by atoms with Gasteiger partial charge in [0, 0.05) is 11.8 Å². The van der Waals surface area contributed by atoms with E-state index >= 15 is 0 Å². The molecule has 1 heterocycles. The lowest BCUT2D eigenvalue weighted by Gasteiger charge is -2.43. The molecule has 0 amide bonds. The molecule has 7 atom stereocenters.